The Morgan fingerprint density at radius 3 is 2.67 bits per heavy atom. The molecule has 0 saturated carbocycles. The van der Waals surface area contributed by atoms with Crippen molar-refractivity contribution in [3.63, 3.8) is 0 Å². The minimum absolute atomic E-state index is 0.0681. The Morgan fingerprint density at radius 2 is 1.86 bits per heavy atom. The highest BCUT2D eigenvalue weighted by Gasteiger charge is 2.24. The molecule has 2 aromatic carbocycles. The van der Waals surface area contributed by atoms with E-state index in [1.54, 1.807) is 52.2 Å². The lowest BCUT2D eigenvalue weighted by Crippen LogP contribution is -2.27. The standard InChI is InChI=1S/C33H28ClN7O2/c1-20-5-3-8-30(28-14-23(11-12-36-28)32-29(39-33(20)43)18-38-40(32)2)41-19-37-27(16-31(41)42)26-15-24(34)9-10-25(26)22-7-4-6-21(13-22)17-35/h4,6-7,9-16,18-20,30H,3,5,8H2,1-2H3,(H,39,43)/t20-,30+/m1/s1. The number of nitrogens with zero attached hydrogens (tertiary/aromatic N) is 6. The number of benzene rings is 2. The molecule has 10 heteroatoms. The van der Waals surface area contributed by atoms with E-state index in [1.807, 2.05) is 44.3 Å². The zero-order valence-electron chi connectivity index (χ0n) is 23.7. The number of hydrogen-bond donors (Lipinski definition) is 1. The highest BCUT2D eigenvalue weighted by Crippen LogP contribution is 2.35. The van der Waals surface area contributed by atoms with E-state index in [0.717, 1.165) is 28.1 Å². The number of hydrogen-bond acceptors (Lipinski definition) is 6. The monoisotopic (exact) mass is 589 g/mol. The van der Waals surface area contributed by atoms with Crippen molar-refractivity contribution in [2.45, 2.75) is 32.2 Å². The van der Waals surface area contributed by atoms with Crippen LogP contribution >= 0.6 is 11.6 Å². The number of rotatable bonds is 3. The van der Waals surface area contributed by atoms with Crippen LogP contribution in [-0.2, 0) is 11.8 Å². The first kappa shape index (κ1) is 28.1. The van der Waals surface area contributed by atoms with E-state index >= 15 is 0 Å². The summed E-state index contributed by atoms with van der Waals surface area (Å²) in [5.74, 6) is -0.293. The number of halogens is 1. The van der Waals surface area contributed by atoms with Crippen LogP contribution in [0.3, 0.4) is 0 Å². The Balaban J connectivity index is 1.44. The van der Waals surface area contributed by atoms with Gasteiger partial charge in [-0.2, -0.15) is 10.4 Å². The first-order chi connectivity index (χ1) is 20.8. The minimum atomic E-state index is -0.397. The molecule has 2 bridgehead atoms. The van der Waals surface area contributed by atoms with E-state index in [-0.39, 0.29) is 17.4 Å². The number of aryl methyl sites for hydroxylation is 1. The predicted molar refractivity (Wildman–Crippen MR) is 165 cm³/mol. The summed E-state index contributed by atoms with van der Waals surface area (Å²) >= 11 is 6.39. The van der Waals surface area contributed by atoms with Gasteiger partial charge in [0.1, 0.15) is 0 Å². The normalized spacial score (nSPS) is 16.7. The number of nitriles is 1. The Bertz CT molecular complexity index is 1960. The maximum atomic E-state index is 13.8. The van der Waals surface area contributed by atoms with E-state index in [0.29, 0.717) is 46.8 Å². The fourth-order valence-corrected chi connectivity index (χ4v) is 5.78. The number of anilines is 1. The second kappa shape index (κ2) is 11.7. The minimum Gasteiger partial charge on any atom is -0.323 e. The summed E-state index contributed by atoms with van der Waals surface area (Å²) in [6.45, 7) is 1.90. The van der Waals surface area contributed by atoms with Crippen LogP contribution in [0.5, 0.6) is 0 Å². The lowest BCUT2D eigenvalue weighted by atomic mass is 9.96. The number of fused-ring (bicyclic) bond motifs is 4. The lowest BCUT2D eigenvalue weighted by Gasteiger charge is -2.22. The van der Waals surface area contributed by atoms with E-state index in [1.165, 1.54) is 6.07 Å². The SMILES string of the molecule is C[C@@H]1CCC[C@H](n2cnc(-c3cc(Cl)ccc3-c3cccc(C#N)c3)cc2=O)c2cc(ccn2)-c2c(cnn2C)NC1=O. The molecule has 1 N–H and O–H groups in total. The Labute approximate surface area is 253 Å². The molecule has 3 aromatic heterocycles. The molecule has 0 fully saturated rings. The van der Waals surface area contributed by atoms with Crippen LogP contribution in [0.25, 0.3) is 33.6 Å². The Hall–Kier alpha value is -5.07. The highest BCUT2D eigenvalue weighted by atomic mass is 35.5. The zero-order valence-corrected chi connectivity index (χ0v) is 24.4. The molecule has 9 nitrogen and oxygen atoms in total. The molecule has 2 atom stereocenters. The lowest BCUT2D eigenvalue weighted by molar-refractivity contribution is -0.119. The molecule has 0 unspecified atom stereocenters. The first-order valence-electron chi connectivity index (χ1n) is 14.0. The van der Waals surface area contributed by atoms with E-state index in [9.17, 15) is 14.9 Å². The quantitative estimate of drug-likeness (QED) is 0.266. The number of nitrogens with one attached hydrogen (secondary N) is 1. The summed E-state index contributed by atoms with van der Waals surface area (Å²) in [5.41, 5.74) is 6.04. The summed E-state index contributed by atoms with van der Waals surface area (Å²) < 4.78 is 3.33. The maximum absolute atomic E-state index is 13.8. The van der Waals surface area contributed by atoms with Crippen LogP contribution in [0.2, 0.25) is 5.02 Å². The summed E-state index contributed by atoms with van der Waals surface area (Å²) in [4.78, 5) is 36.1. The van der Waals surface area contributed by atoms with Gasteiger partial charge >= 0.3 is 0 Å². The molecule has 4 heterocycles. The van der Waals surface area contributed by atoms with Crippen LogP contribution < -0.4 is 10.9 Å². The Kier molecular flexibility index (Phi) is 7.61. The van der Waals surface area contributed by atoms with Crippen LogP contribution in [-0.4, -0.2) is 30.2 Å². The molecule has 0 saturated heterocycles. The van der Waals surface area contributed by atoms with Crippen LogP contribution in [0.1, 0.15) is 43.5 Å². The van der Waals surface area contributed by atoms with Gasteiger partial charge in [0.25, 0.3) is 5.56 Å². The molecular weight excluding hydrogens is 562 g/mol. The van der Waals surface area contributed by atoms with Gasteiger partial charge < -0.3 is 5.32 Å². The Morgan fingerprint density at radius 1 is 1.00 bits per heavy atom. The first-order valence-corrected chi connectivity index (χ1v) is 14.4. The van der Waals surface area contributed by atoms with Crippen molar-refractivity contribution in [2.24, 2.45) is 13.0 Å². The summed E-state index contributed by atoms with van der Waals surface area (Å²) in [6, 6.07) is 19.8. The van der Waals surface area contributed by atoms with Gasteiger partial charge in [-0.05, 0) is 60.4 Å². The fraction of sp³-hybridized carbons (Fsp3) is 0.212. The number of carbonyl (C=O) groups excluding carboxylic acids is 1. The van der Waals surface area contributed by atoms with Crippen LogP contribution in [0.15, 0.2) is 84.2 Å². The van der Waals surface area contributed by atoms with E-state index in [2.05, 4.69) is 21.5 Å². The molecule has 1 amide bonds. The average Bonchev–Trinajstić information content (AvgIpc) is 3.38. The molecule has 0 aliphatic carbocycles. The van der Waals surface area contributed by atoms with Gasteiger partial charge in [0.2, 0.25) is 5.91 Å². The van der Waals surface area contributed by atoms with Crippen molar-refractivity contribution in [1.29, 1.82) is 5.26 Å². The summed E-state index contributed by atoms with van der Waals surface area (Å²) in [6.07, 6.45) is 6.86. The van der Waals surface area contributed by atoms with Crippen molar-refractivity contribution < 1.29 is 4.79 Å². The smallest absolute Gasteiger partial charge is 0.254 e. The molecule has 0 spiro atoms. The molecule has 43 heavy (non-hydrogen) atoms. The molecule has 0 radical (unpaired) electrons. The summed E-state index contributed by atoms with van der Waals surface area (Å²) in [5, 5.41) is 17.3. The third-order valence-corrected chi connectivity index (χ3v) is 8.12. The molecule has 6 rings (SSSR count). The van der Waals surface area contributed by atoms with Gasteiger partial charge in [-0.3, -0.25) is 23.8 Å². The van der Waals surface area contributed by atoms with Gasteiger partial charge in [-0.1, -0.05) is 43.1 Å². The van der Waals surface area contributed by atoms with E-state index in [4.69, 9.17) is 16.6 Å². The van der Waals surface area contributed by atoms with Crippen LogP contribution in [0.4, 0.5) is 5.69 Å². The van der Waals surface area contributed by atoms with Gasteiger partial charge in [0.15, 0.2) is 0 Å². The summed E-state index contributed by atoms with van der Waals surface area (Å²) in [7, 11) is 1.83. The molecule has 1 aliphatic heterocycles. The highest BCUT2D eigenvalue weighted by molar-refractivity contribution is 6.31. The van der Waals surface area contributed by atoms with E-state index < -0.39 is 6.04 Å². The van der Waals surface area contributed by atoms with Crippen molar-refractivity contribution in [1.82, 2.24) is 24.3 Å². The third-order valence-electron chi connectivity index (χ3n) is 7.89. The molecule has 5 aromatic rings. The predicted octanol–water partition coefficient (Wildman–Crippen LogP) is 6.25. The zero-order chi connectivity index (χ0) is 30.1. The van der Waals surface area contributed by atoms with Crippen LogP contribution in [0, 0.1) is 17.2 Å². The number of pyridine rings is 1. The average molecular weight is 590 g/mol. The van der Waals surface area contributed by atoms with Gasteiger partial charge in [-0.15, -0.1) is 0 Å². The molecule has 214 valence electrons. The maximum Gasteiger partial charge on any atom is 0.254 e. The van der Waals surface area contributed by atoms with Crippen molar-refractivity contribution in [3.8, 4) is 39.7 Å². The number of carbonyl (C=O) groups is 1. The van der Waals surface area contributed by atoms with Crippen molar-refractivity contribution in [3.05, 3.63) is 106 Å². The van der Waals surface area contributed by atoms with Gasteiger partial charge in [0.05, 0.1) is 53.0 Å². The van der Waals surface area contributed by atoms with Crippen molar-refractivity contribution in [2.75, 3.05) is 5.32 Å². The second-order valence-corrected chi connectivity index (χ2v) is 11.2. The fourth-order valence-electron chi connectivity index (χ4n) is 5.61. The molecule has 1 aliphatic rings. The largest absolute Gasteiger partial charge is 0.323 e. The number of aromatic nitrogens is 5. The third kappa shape index (κ3) is 5.57. The molecular formula is C33H28ClN7O2. The van der Waals surface area contributed by atoms with Gasteiger partial charge in [0, 0.05) is 41.4 Å². The second-order valence-electron chi connectivity index (χ2n) is 10.7. The topological polar surface area (TPSA) is 118 Å². The van der Waals surface area contributed by atoms with Crippen molar-refractivity contribution >= 4 is 23.2 Å². The number of amides is 1. The van der Waals surface area contributed by atoms with Gasteiger partial charge in [-0.25, -0.2) is 4.98 Å².